The molecule has 0 bridgehead atoms. The molecule has 0 saturated heterocycles. The average Bonchev–Trinajstić information content (AvgIpc) is 2.37. The summed E-state index contributed by atoms with van der Waals surface area (Å²) in [6.45, 7) is 14.4. The van der Waals surface area contributed by atoms with Crippen LogP contribution in [0.2, 0.25) is 0 Å². The Kier molecular flexibility index (Phi) is 10.6. The van der Waals surface area contributed by atoms with Gasteiger partial charge in [0.15, 0.2) is 0 Å². The third-order valence-corrected chi connectivity index (χ3v) is 3.69. The minimum absolute atomic E-state index is 1.25. The van der Waals surface area contributed by atoms with E-state index in [0.29, 0.717) is 0 Å². The summed E-state index contributed by atoms with van der Waals surface area (Å²) in [4.78, 5) is 0. The van der Waals surface area contributed by atoms with Crippen LogP contribution in [0.5, 0.6) is 0 Å². The van der Waals surface area contributed by atoms with Crippen molar-refractivity contribution in [3.8, 4) is 0 Å². The Bertz CT molecular complexity index is 162. The van der Waals surface area contributed by atoms with Gasteiger partial charge < -0.3 is 4.48 Å². The molecule has 0 saturated carbocycles. The fraction of sp³-hybridized carbons (Fsp3) is 0.875. The molecule has 0 radical (unpaired) electrons. The van der Waals surface area contributed by atoms with Crippen LogP contribution in [0.15, 0.2) is 12.2 Å². The molecule has 0 spiro atoms. The number of hydrogen-bond donors (Lipinski definition) is 0. The maximum absolute atomic E-state index is 2.38. The molecule has 102 valence electrons. The van der Waals surface area contributed by atoms with Crippen LogP contribution in [0.1, 0.15) is 66.2 Å². The fourth-order valence-electron chi connectivity index (χ4n) is 2.42. The molecular formula is C16H34N+. The first kappa shape index (κ1) is 16.7. The molecule has 0 aromatic carbocycles. The van der Waals surface area contributed by atoms with E-state index < -0.39 is 0 Å². The van der Waals surface area contributed by atoms with Crippen molar-refractivity contribution in [3.05, 3.63) is 12.2 Å². The van der Waals surface area contributed by atoms with Crippen molar-refractivity contribution < 1.29 is 4.48 Å². The van der Waals surface area contributed by atoms with Crippen molar-refractivity contribution in [1.29, 1.82) is 0 Å². The molecule has 0 heterocycles. The van der Waals surface area contributed by atoms with Gasteiger partial charge in [-0.15, -0.1) is 0 Å². The van der Waals surface area contributed by atoms with Crippen LogP contribution >= 0.6 is 0 Å². The third-order valence-electron chi connectivity index (χ3n) is 3.69. The molecule has 0 aliphatic heterocycles. The molecule has 0 atom stereocenters. The second kappa shape index (κ2) is 10.8. The molecule has 0 unspecified atom stereocenters. The molecular weight excluding hydrogens is 206 g/mol. The topological polar surface area (TPSA) is 0 Å². The Hall–Kier alpha value is -0.300. The van der Waals surface area contributed by atoms with Gasteiger partial charge in [-0.1, -0.05) is 46.1 Å². The summed E-state index contributed by atoms with van der Waals surface area (Å²) in [6.07, 6.45) is 12.7. The van der Waals surface area contributed by atoms with Crippen LogP contribution in [-0.4, -0.2) is 30.7 Å². The molecule has 0 amide bonds. The van der Waals surface area contributed by atoms with Gasteiger partial charge in [0.05, 0.1) is 26.2 Å². The third kappa shape index (κ3) is 7.59. The van der Waals surface area contributed by atoms with Crippen molar-refractivity contribution in [3.63, 3.8) is 0 Å². The quantitative estimate of drug-likeness (QED) is 0.360. The maximum Gasteiger partial charge on any atom is 0.0973 e. The van der Waals surface area contributed by atoms with Gasteiger partial charge in [-0.05, 0) is 32.3 Å². The van der Waals surface area contributed by atoms with E-state index in [4.69, 9.17) is 0 Å². The summed E-state index contributed by atoms with van der Waals surface area (Å²) in [5.41, 5.74) is 0. The Morgan fingerprint density at radius 2 is 1.18 bits per heavy atom. The van der Waals surface area contributed by atoms with Crippen LogP contribution in [0.25, 0.3) is 0 Å². The lowest BCUT2D eigenvalue weighted by Gasteiger charge is -2.38. The highest BCUT2D eigenvalue weighted by Gasteiger charge is 2.23. The van der Waals surface area contributed by atoms with Crippen molar-refractivity contribution >= 4 is 0 Å². The van der Waals surface area contributed by atoms with Crippen LogP contribution < -0.4 is 0 Å². The van der Waals surface area contributed by atoms with Crippen LogP contribution in [0.4, 0.5) is 0 Å². The summed E-state index contributed by atoms with van der Waals surface area (Å²) in [6, 6.07) is 0. The van der Waals surface area contributed by atoms with Gasteiger partial charge >= 0.3 is 0 Å². The molecule has 0 aliphatic rings. The molecule has 1 nitrogen and oxygen atoms in total. The highest BCUT2D eigenvalue weighted by Crippen LogP contribution is 2.15. The first-order valence-corrected chi connectivity index (χ1v) is 7.71. The van der Waals surface area contributed by atoms with E-state index in [1.165, 1.54) is 69.2 Å². The molecule has 0 aromatic heterocycles. The van der Waals surface area contributed by atoms with E-state index in [1.54, 1.807) is 0 Å². The Morgan fingerprint density at radius 3 is 1.47 bits per heavy atom. The normalized spacial score (nSPS) is 12.5. The monoisotopic (exact) mass is 240 g/mol. The predicted octanol–water partition coefficient (Wildman–Crippen LogP) is 4.78. The summed E-state index contributed by atoms with van der Waals surface area (Å²) >= 11 is 0. The van der Waals surface area contributed by atoms with Gasteiger partial charge in [0.1, 0.15) is 0 Å². The minimum Gasteiger partial charge on any atom is -0.320 e. The molecule has 0 N–H and O–H groups in total. The number of unbranched alkanes of at least 4 members (excludes halogenated alkanes) is 3. The first-order chi connectivity index (χ1) is 8.24. The van der Waals surface area contributed by atoms with Crippen LogP contribution in [-0.2, 0) is 0 Å². The lowest BCUT2D eigenvalue weighted by molar-refractivity contribution is -0.923. The van der Waals surface area contributed by atoms with Gasteiger partial charge in [0, 0.05) is 0 Å². The largest absolute Gasteiger partial charge is 0.320 e. The van der Waals surface area contributed by atoms with E-state index in [0.717, 1.165) is 0 Å². The lowest BCUT2D eigenvalue weighted by Crippen LogP contribution is -2.50. The lowest BCUT2D eigenvalue weighted by atomic mass is 10.1. The molecule has 0 fully saturated rings. The molecule has 0 rings (SSSR count). The van der Waals surface area contributed by atoms with E-state index >= 15 is 0 Å². The highest BCUT2D eigenvalue weighted by molar-refractivity contribution is 4.77. The van der Waals surface area contributed by atoms with Gasteiger partial charge in [-0.25, -0.2) is 0 Å². The standard InChI is InChI=1S/C16H34N/c1-5-9-13-17(14-10-6-2,15-11-7-3)16-12-8-4/h5,9H,6-8,10-16H2,1-4H3/q+1/b9-5+. The van der Waals surface area contributed by atoms with Crippen molar-refractivity contribution in [2.45, 2.75) is 66.2 Å². The van der Waals surface area contributed by atoms with Gasteiger partial charge in [0.2, 0.25) is 0 Å². The summed E-state index contributed by atoms with van der Waals surface area (Å²) in [5.74, 6) is 0. The number of allylic oxidation sites excluding steroid dienone is 1. The second-order valence-electron chi connectivity index (χ2n) is 5.32. The molecule has 0 aliphatic carbocycles. The Balaban J connectivity index is 4.50. The minimum atomic E-state index is 1.25. The number of hydrogen-bond acceptors (Lipinski definition) is 0. The summed E-state index contributed by atoms with van der Waals surface area (Å²) in [7, 11) is 0. The second-order valence-corrected chi connectivity index (χ2v) is 5.32. The number of quaternary nitrogens is 1. The van der Waals surface area contributed by atoms with Gasteiger partial charge in [0.25, 0.3) is 0 Å². The van der Waals surface area contributed by atoms with Crippen LogP contribution in [0, 0.1) is 0 Å². The molecule has 1 heteroatoms. The SMILES string of the molecule is C/C=C/C[N+](CCCC)(CCCC)CCCC. The van der Waals surface area contributed by atoms with Crippen molar-refractivity contribution in [2.24, 2.45) is 0 Å². The smallest absolute Gasteiger partial charge is 0.0973 e. The Morgan fingerprint density at radius 1 is 0.765 bits per heavy atom. The average molecular weight is 240 g/mol. The van der Waals surface area contributed by atoms with E-state index in [1.807, 2.05) is 0 Å². The molecule has 17 heavy (non-hydrogen) atoms. The predicted molar refractivity (Wildman–Crippen MR) is 79.3 cm³/mol. The van der Waals surface area contributed by atoms with E-state index in [-0.39, 0.29) is 0 Å². The number of rotatable bonds is 11. The van der Waals surface area contributed by atoms with Gasteiger partial charge in [-0.2, -0.15) is 0 Å². The van der Waals surface area contributed by atoms with E-state index in [9.17, 15) is 0 Å². The first-order valence-electron chi connectivity index (χ1n) is 7.71. The zero-order valence-corrected chi connectivity index (χ0v) is 12.7. The zero-order valence-electron chi connectivity index (χ0n) is 12.7. The maximum atomic E-state index is 2.38. The van der Waals surface area contributed by atoms with Crippen LogP contribution in [0.3, 0.4) is 0 Å². The summed E-state index contributed by atoms with van der Waals surface area (Å²) < 4.78 is 1.33. The fourth-order valence-corrected chi connectivity index (χ4v) is 2.42. The van der Waals surface area contributed by atoms with Crippen molar-refractivity contribution in [2.75, 3.05) is 26.2 Å². The van der Waals surface area contributed by atoms with Crippen molar-refractivity contribution in [1.82, 2.24) is 0 Å². The zero-order chi connectivity index (χ0) is 13.0. The van der Waals surface area contributed by atoms with E-state index in [2.05, 4.69) is 39.8 Å². The summed E-state index contributed by atoms with van der Waals surface area (Å²) in [5, 5.41) is 0. The number of nitrogens with zero attached hydrogens (tertiary/aromatic N) is 1. The highest BCUT2D eigenvalue weighted by atomic mass is 15.3. The Labute approximate surface area is 109 Å². The molecule has 0 aromatic rings. The van der Waals surface area contributed by atoms with Gasteiger partial charge in [-0.3, -0.25) is 0 Å².